The van der Waals surface area contributed by atoms with Gasteiger partial charge >= 0.3 is 5.97 Å². The van der Waals surface area contributed by atoms with Gasteiger partial charge in [-0.2, -0.15) is 0 Å². The third kappa shape index (κ3) is 2.97. The number of carboxylic acid groups (broad SMARTS) is 1. The zero-order valence-corrected chi connectivity index (χ0v) is 17.7. The predicted octanol–water partition coefficient (Wildman–Crippen LogP) is 4.89. The van der Waals surface area contributed by atoms with Crippen molar-refractivity contribution in [1.82, 2.24) is 0 Å². The van der Waals surface area contributed by atoms with Gasteiger partial charge in [-0.3, -0.25) is 14.4 Å². The highest BCUT2D eigenvalue weighted by Crippen LogP contribution is 2.67. The number of hydrogen-bond donors (Lipinski definition) is 1. The zero-order valence-electron chi connectivity index (χ0n) is 17.7. The summed E-state index contributed by atoms with van der Waals surface area (Å²) in [6.07, 6.45) is 8.47. The fourth-order valence-corrected chi connectivity index (χ4v) is 8.36. The molecule has 0 bridgehead atoms. The lowest BCUT2D eigenvalue weighted by atomic mass is 9.44. The molecule has 4 heteroatoms. The molecule has 4 nitrogen and oxygen atoms in total. The molecule has 156 valence electrons. The van der Waals surface area contributed by atoms with E-state index < -0.39 is 5.97 Å². The Kier molecular flexibility index (Phi) is 4.99. The molecule has 4 rings (SSSR count). The van der Waals surface area contributed by atoms with E-state index in [4.69, 9.17) is 5.11 Å². The van der Waals surface area contributed by atoms with Gasteiger partial charge in [-0.05, 0) is 78.9 Å². The Balaban J connectivity index is 1.56. The second-order valence-electron chi connectivity index (χ2n) is 11.0. The van der Waals surface area contributed by atoms with Crippen molar-refractivity contribution in [1.29, 1.82) is 0 Å². The van der Waals surface area contributed by atoms with E-state index in [9.17, 15) is 14.4 Å². The number of carboxylic acids is 1. The van der Waals surface area contributed by atoms with Gasteiger partial charge in [0.25, 0.3) is 0 Å². The molecule has 4 aliphatic rings. The molecule has 0 heterocycles. The van der Waals surface area contributed by atoms with E-state index in [1.165, 1.54) is 25.7 Å². The van der Waals surface area contributed by atoms with Crippen molar-refractivity contribution in [3.8, 4) is 0 Å². The third-order valence-electron chi connectivity index (χ3n) is 9.85. The number of rotatable bonds is 4. The molecule has 1 N–H and O–H groups in total. The minimum absolute atomic E-state index is 0.0161. The summed E-state index contributed by atoms with van der Waals surface area (Å²) in [5.74, 6) is 2.54. The van der Waals surface area contributed by atoms with Gasteiger partial charge in [0.05, 0.1) is 0 Å². The maximum absolute atomic E-state index is 13.1. The molecule has 0 saturated heterocycles. The minimum Gasteiger partial charge on any atom is -0.481 e. The SMILES string of the molecule is CC(CCC(=O)O)C1CCC2C3CC(=O)C4CC(=O)CCC4(C)C3CCC12C. The molecule has 0 spiro atoms. The van der Waals surface area contributed by atoms with Gasteiger partial charge in [0, 0.05) is 31.6 Å². The van der Waals surface area contributed by atoms with Crippen LogP contribution in [0.25, 0.3) is 0 Å². The van der Waals surface area contributed by atoms with Crippen molar-refractivity contribution in [2.24, 2.45) is 46.3 Å². The zero-order chi connectivity index (χ0) is 20.3. The molecule has 4 saturated carbocycles. The fraction of sp³-hybridized carbons (Fsp3) is 0.875. The van der Waals surface area contributed by atoms with E-state index >= 15 is 0 Å². The Morgan fingerprint density at radius 2 is 1.79 bits per heavy atom. The van der Waals surface area contributed by atoms with Gasteiger partial charge in [0.1, 0.15) is 11.6 Å². The van der Waals surface area contributed by atoms with Gasteiger partial charge in [0.15, 0.2) is 0 Å². The van der Waals surface area contributed by atoms with E-state index in [0.717, 1.165) is 12.8 Å². The van der Waals surface area contributed by atoms with Crippen LogP contribution in [0.3, 0.4) is 0 Å². The highest BCUT2D eigenvalue weighted by atomic mass is 16.4. The maximum Gasteiger partial charge on any atom is 0.303 e. The quantitative estimate of drug-likeness (QED) is 0.744. The van der Waals surface area contributed by atoms with Crippen LogP contribution in [0.15, 0.2) is 0 Å². The van der Waals surface area contributed by atoms with Gasteiger partial charge in [-0.1, -0.05) is 20.8 Å². The lowest BCUT2D eigenvalue weighted by Crippen LogP contribution is -2.56. The first-order valence-corrected chi connectivity index (χ1v) is 11.4. The summed E-state index contributed by atoms with van der Waals surface area (Å²) in [4.78, 5) is 36.2. The Morgan fingerprint density at radius 1 is 1.07 bits per heavy atom. The van der Waals surface area contributed by atoms with Crippen molar-refractivity contribution in [2.75, 3.05) is 0 Å². The van der Waals surface area contributed by atoms with Crippen LogP contribution in [-0.4, -0.2) is 22.6 Å². The number of carbonyl (C=O) groups is 3. The number of aliphatic carboxylic acids is 1. The Bertz CT molecular complexity index is 684. The summed E-state index contributed by atoms with van der Waals surface area (Å²) in [6.45, 7) is 6.99. The molecule has 0 aromatic rings. The first-order valence-electron chi connectivity index (χ1n) is 11.4. The van der Waals surface area contributed by atoms with Crippen LogP contribution >= 0.6 is 0 Å². The van der Waals surface area contributed by atoms with Crippen molar-refractivity contribution in [2.45, 2.75) is 85.0 Å². The fourth-order valence-electron chi connectivity index (χ4n) is 8.36. The maximum atomic E-state index is 13.1. The Morgan fingerprint density at radius 3 is 2.50 bits per heavy atom. The van der Waals surface area contributed by atoms with Crippen molar-refractivity contribution in [3.05, 3.63) is 0 Å². The second kappa shape index (κ2) is 6.95. The molecular weight excluding hydrogens is 352 g/mol. The second-order valence-corrected chi connectivity index (χ2v) is 11.0. The summed E-state index contributed by atoms with van der Waals surface area (Å²) in [5, 5.41) is 9.08. The van der Waals surface area contributed by atoms with E-state index in [1.54, 1.807) is 0 Å². The largest absolute Gasteiger partial charge is 0.481 e. The van der Waals surface area contributed by atoms with Crippen LogP contribution in [0.4, 0.5) is 0 Å². The Labute approximate surface area is 168 Å². The molecule has 8 atom stereocenters. The summed E-state index contributed by atoms with van der Waals surface area (Å²) < 4.78 is 0. The summed E-state index contributed by atoms with van der Waals surface area (Å²) in [6, 6.07) is 0. The topological polar surface area (TPSA) is 71.4 Å². The van der Waals surface area contributed by atoms with Crippen molar-refractivity contribution < 1.29 is 19.5 Å². The standard InChI is InChI=1S/C24H36O4/c1-14(4-7-22(27)28)17-5-6-18-16-13-21(26)20-12-15(25)8-10-24(20,3)19(16)9-11-23(17,18)2/h14,16-20H,4-13H2,1-3H3,(H,27,28). The number of fused-ring (bicyclic) bond motifs is 5. The van der Waals surface area contributed by atoms with Crippen LogP contribution in [0.1, 0.15) is 85.0 Å². The normalized spacial score (nSPS) is 46.5. The van der Waals surface area contributed by atoms with Gasteiger partial charge in [-0.25, -0.2) is 0 Å². The summed E-state index contributed by atoms with van der Waals surface area (Å²) in [5.41, 5.74) is 0.259. The third-order valence-corrected chi connectivity index (χ3v) is 9.85. The Hall–Kier alpha value is -1.19. The highest BCUT2D eigenvalue weighted by Gasteiger charge is 2.62. The van der Waals surface area contributed by atoms with E-state index in [2.05, 4.69) is 20.8 Å². The molecule has 0 aromatic carbocycles. The van der Waals surface area contributed by atoms with Gasteiger partial charge in [0.2, 0.25) is 0 Å². The van der Waals surface area contributed by atoms with Gasteiger partial charge < -0.3 is 5.11 Å². The molecule has 0 amide bonds. The monoisotopic (exact) mass is 388 g/mol. The highest BCUT2D eigenvalue weighted by molar-refractivity contribution is 5.90. The molecular formula is C24H36O4. The lowest BCUT2D eigenvalue weighted by Gasteiger charge is -2.59. The van der Waals surface area contributed by atoms with Crippen LogP contribution in [0.2, 0.25) is 0 Å². The first kappa shape index (κ1) is 20.1. The van der Waals surface area contributed by atoms with Crippen molar-refractivity contribution in [3.63, 3.8) is 0 Å². The molecule has 0 aromatic heterocycles. The number of hydrogen-bond acceptors (Lipinski definition) is 3. The van der Waals surface area contributed by atoms with E-state index in [1.807, 2.05) is 0 Å². The lowest BCUT2D eigenvalue weighted by molar-refractivity contribution is -0.159. The van der Waals surface area contributed by atoms with Gasteiger partial charge in [-0.15, -0.1) is 0 Å². The molecule has 4 aliphatic carbocycles. The molecule has 4 fully saturated rings. The molecule has 28 heavy (non-hydrogen) atoms. The van der Waals surface area contributed by atoms with Crippen LogP contribution < -0.4 is 0 Å². The minimum atomic E-state index is -0.695. The number of ketones is 2. The average Bonchev–Trinajstić information content (AvgIpc) is 2.99. The first-order chi connectivity index (χ1) is 13.2. The predicted molar refractivity (Wildman–Crippen MR) is 107 cm³/mol. The smallest absolute Gasteiger partial charge is 0.303 e. The summed E-state index contributed by atoms with van der Waals surface area (Å²) >= 11 is 0. The average molecular weight is 389 g/mol. The number of Topliss-reactive ketones (excluding diaryl/α,β-unsaturated/α-hetero) is 2. The summed E-state index contributed by atoms with van der Waals surface area (Å²) in [7, 11) is 0. The van der Waals surface area contributed by atoms with E-state index in [-0.39, 0.29) is 29.0 Å². The number of carbonyl (C=O) groups excluding carboxylic acids is 2. The van der Waals surface area contributed by atoms with Crippen molar-refractivity contribution >= 4 is 17.5 Å². The molecule has 8 unspecified atom stereocenters. The van der Waals surface area contributed by atoms with E-state index in [0.29, 0.717) is 54.6 Å². The van der Waals surface area contributed by atoms with Crippen LogP contribution in [0.5, 0.6) is 0 Å². The van der Waals surface area contributed by atoms with Crippen LogP contribution in [0, 0.1) is 46.3 Å². The van der Waals surface area contributed by atoms with Crippen LogP contribution in [-0.2, 0) is 14.4 Å². The molecule has 0 radical (unpaired) electrons. The molecule has 0 aliphatic heterocycles.